The van der Waals surface area contributed by atoms with Gasteiger partial charge in [-0.15, -0.1) is 0 Å². The molecule has 0 bridgehead atoms. The summed E-state index contributed by atoms with van der Waals surface area (Å²) in [6.07, 6.45) is 1.34. The van der Waals surface area contributed by atoms with Crippen LogP contribution < -0.4 is 10.6 Å². The summed E-state index contributed by atoms with van der Waals surface area (Å²) in [4.78, 5) is 23.6. The van der Waals surface area contributed by atoms with Crippen LogP contribution in [0.2, 0.25) is 0 Å². The number of piperazine rings is 1. The molecule has 0 aromatic heterocycles. The summed E-state index contributed by atoms with van der Waals surface area (Å²) < 4.78 is 0.911. The van der Waals surface area contributed by atoms with Crippen LogP contribution in [-0.2, 0) is 4.79 Å². The number of carbonyl (C=O) groups is 2. The third-order valence-corrected chi connectivity index (χ3v) is 3.15. The quantitative estimate of drug-likeness (QED) is 0.645. The summed E-state index contributed by atoms with van der Waals surface area (Å²) in [5.74, 6) is -0.422. The Morgan fingerprint density at radius 1 is 1.39 bits per heavy atom. The zero-order valence-corrected chi connectivity index (χ0v) is 11.5. The minimum absolute atomic E-state index is 0.0810. The molecule has 0 saturated carbocycles. The fourth-order valence-corrected chi connectivity index (χ4v) is 1.91. The Balaban J connectivity index is 2.15. The molecule has 1 aliphatic heterocycles. The van der Waals surface area contributed by atoms with E-state index in [0.29, 0.717) is 17.8 Å². The third kappa shape index (κ3) is 2.98. The van der Waals surface area contributed by atoms with Crippen molar-refractivity contribution in [3.63, 3.8) is 0 Å². The average Bonchev–Trinajstić information content (AvgIpc) is 2.33. The van der Waals surface area contributed by atoms with E-state index in [-0.39, 0.29) is 17.7 Å². The molecule has 1 amide bonds. The average molecular weight is 309 g/mol. The van der Waals surface area contributed by atoms with Gasteiger partial charge in [0.25, 0.3) is 5.91 Å². The van der Waals surface area contributed by atoms with Crippen LogP contribution in [0.5, 0.6) is 0 Å². The molecule has 94 valence electrons. The van der Waals surface area contributed by atoms with Gasteiger partial charge in [0, 0.05) is 28.7 Å². The maximum absolute atomic E-state index is 11.9. The van der Waals surface area contributed by atoms with Crippen molar-refractivity contribution >= 4 is 27.6 Å². The van der Waals surface area contributed by atoms with Crippen LogP contribution in [0, 0.1) is 0 Å². The standard InChI is InChI=1S/C13H13BrN2O2/c1-8-7-15-11(13(18)16-8)6-12(17)9-2-4-10(14)5-3-9/h2-6,8,15H,7H2,1H3,(H,16,18)/b11-6-/t8-/m1/s1. The second kappa shape index (κ2) is 5.35. The number of rotatable bonds is 2. The Morgan fingerprint density at radius 3 is 2.67 bits per heavy atom. The smallest absolute Gasteiger partial charge is 0.267 e. The van der Waals surface area contributed by atoms with E-state index in [1.807, 2.05) is 6.92 Å². The first-order valence-electron chi connectivity index (χ1n) is 5.62. The van der Waals surface area contributed by atoms with Crippen LogP contribution in [0.3, 0.4) is 0 Å². The van der Waals surface area contributed by atoms with Gasteiger partial charge >= 0.3 is 0 Å². The monoisotopic (exact) mass is 308 g/mol. The minimum Gasteiger partial charge on any atom is -0.378 e. The van der Waals surface area contributed by atoms with Gasteiger partial charge in [0.05, 0.1) is 0 Å². The summed E-state index contributed by atoms with van der Waals surface area (Å²) in [5.41, 5.74) is 0.875. The highest BCUT2D eigenvalue weighted by molar-refractivity contribution is 9.10. The van der Waals surface area contributed by atoms with Gasteiger partial charge in [0.1, 0.15) is 5.70 Å². The molecule has 0 aliphatic carbocycles. The molecular formula is C13H13BrN2O2. The van der Waals surface area contributed by atoms with Crippen LogP contribution in [0.25, 0.3) is 0 Å². The van der Waals surface area contributed by atoms with E-state index in [4.69, 9.17) is 0 Å². The van der Waals surface area contributed by atoms with Gasteiger partial charge in [-0.25, -0.2) is 0 Å². The molecule has 0 unspecified atom stereocenters. The number of ketones is 1. The first kappa shape index (κ1) is 12.8. The number of nitrogens with one attached hydrogen (secondary N) is 2. The molecule has 1 aromatic carbocycles. The van der Waals surface area contributed by atoms with Gasteiger partial charge < -0.3 is 10.6 Å². The lowest BCUT2D eigenvalue weighted by atomic mass is 10.1. The molecule has 0 radical (unpaired) electrons. The summed E-state index contributed by atoms with van der Waals surface area (Å²) >= 11 is 3.31. The molecular weight excluding hydrogens is 296 g/mol. The van der Waals surface area contributed by atoms with Crippen molar-refractivity contribution in [2.45, 2.75) is 13.0 Å². The van der Waals surface area contributed by atoms with E-state index in [1.165, 1.54) is 6.08 Å². The molecule has 4 nitrogen and oxygen atoms in total. The van der Waals surface area contributed by atoms with E-state index < -0.39 is 0 Å². The lowest BCUT2D eigenvalue weighted by molar-refractivity contribution is -0.119. The lowest BCUT2D eigenvalue weighted by Crippen LogP contribution is -2.49. The molecule has 1 atom stereocenters. The SMILES string of the molecule is C[C@@H]1CN/C(=C\C(=O)c2ccc(Br)cc2)C(=O)N1. The van der Waals surface area contributed by atoms with Crippen molar-refractivity contribution in [3.8, 4) is 0 Å². The molecule has 18 heavy (non-hydrogen) atoms. The molecule has 2 N–H and O–H groups in total. The summed E-state index contributed by atoms with van der Waals surface area (Å²) in [5, 5.41) is 5.72. The second-order valence-electron chi connectivity index (χ2n) is 4.18. The minimum atomic E-state index is -0.237. The van der Waals surface area contributed by atoms with Gasteiger partial charge in [-0.3, -0.25) is 9.59 Å². The first-order valence-corrected chi connectivity index (χ1v) is 6.42. The molecule has 5 heteroatoms. The second-order valence-corrected chi connectivity index (χ2v) is 5.10. The van der Waals surface area contributed by atoms with Gasteiger partial charge in [0.15, 0.2) is 5.78 Å². The maximum Gasteiger partial charge on any atom is 0.267 e. The van der Waals surface area contributed by atoms with Crippen molar-refractivity contribution in [2.24, 2.45) is 0 Å². The Labute approximate surface area is 114 Å². The lowest BCUT2D eigenvalue weighted by Gasteiger charge is -2.23. The molecule has 2 rings (SSSR count). The van der Waals surface area contributed by atoms with E-state index in [0.717, 1.165) is 4.47 Å². The predicted molar refractivity (Wildman–Crippen MR) is 72.2 cm³/mol. The molecule has 1 heterocycles. The maximum atomic E-state index is 11.9. The Kier molecular flexibility index (Phi) is 3.81. The third-order valence-electron chi connectivity index (χ3n) is 2.62. The summed E-state index contributed by atoms with van der Waals surface area (Å²) in [6.45, 7) is 2.53. The van der Waals surface area contributed by atoms with Crippen LogP contribution in [0.4, 0.5) is 0 Å². The normalized spacial score (nSPS) is 21.3. The number of hydrogen-bond donors (Lipinski definition) is 2. The van der Waals surface area contributed by atoms with Crippen molar-refractivity contribution in [3.05, 3.63) is 46.1 Å². The summed E-state index contributed by atoms with van der Waals surface area (Å²) in [7, 11) is 0. The number of carbonyl (C=O) groups excluding carboxylic acids is 2. The molecule has 1 aliphatic rings. The number of halogens is 1. The fraction of sp³-hybridized carbons (Fsp3) is 0.231. The van der Waals surface area contributed by atoms with Crippen LogP contribution in [0.15, 0.2) is 40.5 Å². The van der Waals surface area contributed by atoms with Gasteiger partial charge in [-0.1, -0.05) is 15.9 Å². The number of allylic oxidation sites excluding steroid dienone is 1. The Hall–Kier alpha value is -1.62. The topological polar surface area (TPSA) is 58.2 Å². The van der Waals surface area contributed by atoms with Gasteiger partial charge in [-0.2, -0.15) is 0 Å². The first-order chi connectivity index (χ1) is 8.56. The molecule has 1 fully saturated rings. The highest BCUT2D eigenvalue weighted by Gasteiger charge is 2.19. The largest absolute Gasteiger partial charge is 0.378 e. The van der Waals surface area contributed by atoms with Crippen molar-refractivity contribution in [1.29, 1.82) is 0 Å². The zero-order chi connectivity index (χ0) is 13.1. The van der Waals surface area contributed by atoms with Crippen LogP contribution in [-0.4, -0.2) is 24.3 Å². The van der Waals surface area contributed by atoms with E-state index in [9.17, 15) is 9.59 Å². The predicted octanol–water partition coefficient (Wildman–Crippen LogP) is 1.62. The van der Waals surface area contributed by atoms with Crippen molar-refractivity contribution < 1.29 is 9.59 Å². The number of hydrogen-bond acceptors (Lipinski definition) is 3. The Morgan fingerprint density at radius 2 is 2.06 bits per heavy atom. The molecule has 0 spiro atoms. The van der Waals surface area contributed by atoms with Crippen LogP contribution >= 0.6 is 15.9 Å². The van der Waals surface area contributed by atoms with E-state index in [1.54, 1.807) is 24.3 Å². The molecule has 1 saturated heterocycles. The van der Waals surface area contributed by atoms with E-state index in [2.05, 4.69) is 26.6 Å². The van der Waals surface area contributed by atoms with Crippen LogP contribution in [0.1, 0.15) is 17.3 Å². The summed E-state index contributed by atoms with van der Waals surface area (Å²) in [6, 6.07) is 7.10. The van der Waals surface area contributed by atoms with Crippen molar-refractivity contribution in [2.75, 3.05) is 6.54 Å². The zero-order valence-electron chi connectivity index (χ0n) is 9.87. The highest BCUT2D eigenvalue weighted by atomic mass is 79.9. The van der Waals surface area contributed by atoms with Gasteiger partial charge in [-0.05, 0) is 31.2 Å². The van der Waals surface area contributed by atoms with E-state index >= 15 is 0 Å². The highest BCUT2D eigenvalue weighted by Crippen LogP contribution is 2.12. The fourth-order valence-electron chi connectivity index (χ4n) is 1.64. The van der Waals surface area contributed by atoms with Gasteiger partial charge in [0.2, 0.25) is 0 Å². The number of amides is 1. The molecule has 1 aromatic rings. The van der Waals surface area contributed by atoms with Crippen molar-refractivity contribution in [1.82, 2.24) is 10.6 Å². The Bertz CT molecular complexity index is 508. The number of benzene rings is 1.